The Morgan fingerprint density at radius 3 is 2.14 bits per heavy atom. The van der Waals surface area contributed by atoms with Gasteiger partial charge < -0.3 is 0 Å². The largest absolute Gasteiger partial charge is 0.282 e. The topological polar surface area (TPSA) is 17.1 Å². The van der Waals surface area contributed by atoms with Crippen molar-refractivity contribution in [3.63, 3.8) is 0 Å². The minimum Gasteiger partial charge on any atom is -0.282 e. The van der Waals surface area contributed by atoms with E-state index < -0.39 is 0 Å². The molecule has 1 rings (SSSR count). The first-order chi connectivity index (χ1) is 6.70. The third-order valence-corrected chi connectivity index (χ3v) is 4.04. The van der Waals surface area contributed by atoms with Crippen LogP contribution in [0.15, 0.2) is 12.2 Å². The van der Waals surface area contributed by atoms with Crippen LogP contribution < -0.4 is 0 Å². The zero-order valence-electron chi connectivity index (χ0n) is 9.05. The highest BCUT2D eigenvalue weighted by Gasteiger charge is 2.15. The van der Waals surface area contributed by atoms with E-state index in [2.05, 4.69) is 6.58 Å². The molecule has 0 atom stereocenters. The molecule has 0 bridgehead atoms. The van der Waals surface area contributed by atoms with Gasteiger partial charge in [0, 0.05) is 5.25 Å². The standard InChI is InChI=1S/C12H20OS/c1-10(2)12(13)14-11-8-6-4-3-5-7-9-11/h11H,1,3-9H2,2H3. The Morgan fingerprint density at radius 2 is 1.64 bits per heavy atom. The van der Waals surface area contributed by atoms with Gasteiger partial charge in [0.05, 0.1) is 0 Å². The smallest absolute Gasteiger partial charge is 0.214 e. The summed E-state index contributed by atoms with van der Waals surface area (Å²) >= 11 is 1.51. The van der Waals surface area contributed by atoms with Crippen LogP contribution in [0.1, 0.15) is 51.9 Å². The molecule has 0 amide bonds. The molecule has 0 radical (unpaired) electrons. The molecule has 0 N–H and O–H groups in total. The van der Waals surface area contributed by atoms with E-state index in [1.807, 2.05) is 0 Å². The molecule has 1 aliphatic carbocycles. The van der Waals surface area contributed by atoms with Crippen molar-refractivity contribution in [2.24, 2.45) is 0 Å². The van der Waals surface area contributed by atoms with Crippen molar-refractivity contribution in [3.8, 4) is 0 Å². The Bertz CT molecular complexity index is 202. The molecule has 1 fully saturated rings. The molecule has 0 aromatic heterocycles. The fraction of sp³-hybridized carbons (Fsp3) is 0.750. The van der Waals surface area contributed by atoms with E-state index in [0.717, 1.165) is 0 Å². The van der Waals surface area contributed by atoms with Crippen LogP contribution in [0.2, 0.25) is 0 Å². The molecule has 0 aromatic carbocycles. The lowest BCUT2D eigenvalue weighted by Crippen LogP contribution is -2.09. The molecule has 0 saturated heterocycles. The van der Waals surface area contributed by atoms with E-state index >= 15 is 0 Å². The van der Waals surface area contributed by atoms with Crippen LogP contribution >= 0.6 is 11.8 Å². The number of thioether (sulfide) groups is 1. The molecular weight excluding hydrogens is 192 g/mol. The summed E-state index contributed by atoms with van der Waals surface area (Å²) in [6.07, 6.45) is 9.08. The number of rotatable bonds is 2. The molecule has 1 saturated carbocycles. The van der Waals surface area contributed by atoms with Crippen molar-refractivity contribution >= 4 is 16.9 Å². The first-order valence-electron chi connectivity index (χ1n) is 5.56. The average Bonchev–Trinajstić information content (AvgIpc) is 2.08. The summed E-state index contributed by atoms with van der Waals surface area (Å²) < 4.78 is 0. The number of hydrogen-bond donors (Lipinski definition) is 0. The summed E-state index contributed by atoms with van der Waals surface area (Å²) in [5.41, 5.74) is 0.692. The van der Waals surface area contributed by atoms with Gasteiger partial charge in [-0.1, -0.05) is 50.4 Å². The van der Waals surface area contributed by atoms with Crippen LogP contribution in [0, 0.1) is 0 Å². The van der Waals surface area contributed by atoms with Crippen LogP contribution in [0.25, 0.3) is 0 Å². The first kappa shape index (κ1) is 11.8. The summed E-state index contributed by atoms with van der Waals surface area (Å²) in [6, 6.07) is 0. The lowest BCUT2D eigenvalue weighted by molar-refractivity contribution is -0.107. The summed E-state index contributed by atoms with van der Waals surface area (Å²) in [5.74, 6) is 0. The van der Waals surface area contributed by atoms with Gasteiger partial charge in [-0.2, -0.15) is 0 Å². The van der Waals surface area contributed by atoms with Gasteiger partial charge in [-0.15, -0.1) is 0 Å². The first-order valence-corrected chi connectivity index (χ1v) is 6.44. The van der Waals surface area contributed by atoms with Crippen molar-refractivity contribution in [2.75, 3.05) is 0 Å². The van der Waals surface area contributed by atoms with Gasteiger partial charge in [0.25, 0.3) is 0 Å². The van der Waals surface area contributed by atoms with Crippen molar-refractivity contribution in [1.29, 1.82) is 0 Å². The highest BCUT2D eigenvalue weighted by Crippen LogP contribution is 2.28. The Kier molecular flexibility index (Phi) is 5.31. The molecule has 1 aliphatic rings. The quantitative estimate of drug-likeness (QED) is 0.645. The average molecular weight is 212 g/mol. The molecule has 80 valence electrons. The molecule has 0 heterocycles. The third-order valence-electron chi connectivity index (χ3n) is 2.67. The van der Waals surface area contributed by atoms with Gasteiger partial charge in [-0.05, 0) is 25.3 Å². The summed E-state index contributed by atoms with van der Waals surface area (Å²) in [7, 11) is 0. The van der Waals surface area contributed by atoms with E-state index in [1.165, 1.54) is 56.7 Å². The Morgan fingerprint density at radius 1 is 1.14 bits per heavy atom. The van der Waals surface area contributed by atoms with E-state index in [0.29, 0.717) is 10.8 Å². The summed E-state index contributed by atoms with van der Waals surface area (Å²) in [4.78, 5) is 11.5. The van der Waals surface area contributed by atoms with Crippen LogP contribution in [0.3, 0.4) is 0 Å². The molecule has 1 nitrogen and oxygen atoms in total. The fourth-order valence-corrected chi connectivity index (χ4v) is 2.86. The fourth-order valence-electron chi connectivity index (χ4n) is 1.79. The van der Waals surface area contributed by atoms with Crippen molar-refractivity contribution in [1.82, 2.24) is 0 Å². The molecule has 0 spiro atoms. The molecule has 0 aliphatic heterocycles. The molecule has 0 aromatic rings. The Balaban J connectivity index is 2.33. The number of carbonyl (C=O) groups excluding carboxylic acids is 1. The predicted octanol–water partition coefficient (Wildman–Crippen LogP) is 3.94. The lowest BCUT2D eigenvalue weighted by Gasteiger charge is -2.18. The highest BCUT2D eigenvalue weighted by atomic mass is 32.2. The Hall–Kier alpha value is -0.240. The van der Waals surface area contributed by atoms with Crippen molar-refractivity contribution in [2.45, 2.75) is 57.1 Å². The molecule has 0 unspecified atom stereocenters. The minimum atomic E-state index is 0.190. The Labute approximate surface area is 91.3 Å². The molecule has 14 heavy (non-hydrogen) atoms. The van der Waals surface area contributed by atoms with Gasteiger partial charge in [0.2, 0.25) is 5.12 Å². The van der Waals surface area contributed by atoms with E-state index in [4.69, 9.17) is 0 Å². The van der Waals surface area contributed by atoms with Crippen molar-refractivity contribution in [3.05, 3.63) is 12.2 Å². The highest BCUT2D eigenvalue weighted by molar-refractivity contribution is 8.14. The maximum atomic E-state index is 11.5. The number of carbonyl (C=O) groups is 1. The normalized spacial score (nSPS) is 19.8. The second-order valence-corrected chi connectivity index (χ2v) is 5.43. The van der Waals surface area contributed by atoms with Crippen molar-refractivity contribution < 1.29 is 4.79 Å². The number of hydrogen-bond acceptors (Lipinski definition) is 2. The van der Waals surface area contributed by atoms with Gasteiger partial charge in [0.15, 0.2) is 0 Å². The van der Waals surface area contributed by atoms with Crippen LogP contribution in [-0.4, -0.2) is 10.4 Å². The van der Waals surface area contributed by atoms with Gasteiger partial charge in [0.1, 0.15) is 0 Å². The van der Waals surface area contributed by atoms with Crippen LogP contribution in [-0.2, 0) is 4.79 Å². The van der Waals surface area contributed by atoms with E-state index in [9.17, 15) is 4.79 Å². The van der Waals surface area contributed by atoms with Gasteiger partial charge >= 0.3 is 0 Å². The zero-order valence-corrected chi connectivity index (χ0v) is 9.87. The zero-order chi connectivity index (χ0) is 10.4. The lowest BCUT2D eigenvalue weighted by atomic mass is 10.0. The van der Waals surface area contributed by atoms with E-state index in [1.54, 1.807) is 6.92 Å². The van der Waals surface area contributed by atoms with Crippen LogP contribution in [0.5, 0.6) is 0 Å². The molecular formula is C12H20OS. The maximum absolute atomic E-state index is 11.5. The summed E-state index contributed by atoms with van der Waals surface area (Å²) in [6.45, 7) is 5.50. The second kappa shape index (κ2) is 6.28. The van der Waals surface area contributed by atoms with Gasteiger partial charge in [-0.3, -0.25) is 4.79 Å². The minimum absolute atomic E-state index is 0.190. The van der Waals surface area contributed by atoms with Gasteiger partial charge in [-0.25, -0.2) is 0 Å². The summed E-state index contributed by atoms with van der Waals surface area (Å²) in [5, 5.41) is 0.745. The van der Waals surface area contributed by atoms with Crippen LogP contribution in [0.4, 0.5) is 0 Å². The predicted molar refractivity (Wildman–Crippen MR) is 63.5 cm³/mol. The molecule has 2 heteroatoms. The monoisotopic (exact) mass is 212 g/mol. The van der Waals surface area contributed by atoms with E-state index in [-0.39, 0.29) is 5.12 Å². The SMILES string of the molecule is C=C(C)C(=O)SC1CCCCCCC1. The third kappa shape index (κ3) is 4.32. The second-order valence-electron chi connectivity index (χ2n) is 4.15. The maximum Gasteiger partial charge on any atom is 0.214 e.